The number of anilines is 1. The standard InChI is InChI=1S/C57H58N4O/c1-5-16-37(17-6-1)40-22-15-23-41(34-40)42-28-30-45(48(35-42)57-59-55(38-18-7-2-8-19-38)58-56(60-57)39-20-9-3-10-21-39)43-29-31-47-52(36-43)62-51-33-32-50-53(54(47)51)46-26-13-14-27-49(46)61(50)44-24-11-4-12-25-44/h1,4-7,9,11-12,15-16,18-20,22,24-25,27,32-37,39,41,45-46,48,50,53H,2-3,8,10,13-14,17,21,23,26,28-31H2. The second kappa shape index (κ2) is 16.3. The van der Waals surface area contributed by atoms with E-state index in [1.54, 1.807) is 5.57 Å². The van der Waals surface area contributed by atoms with Crippen molar-refractivity contribution in [2.24, 2.45) is 23.7 Å². The van der Waals surface area contributed by atoms with E-state index in [1.807, 2.05) is 0 Å². The van der Waals surface area contributed by atoms with E-state index in [1.165, 1.54) is 59.3 Å². The molecule has 3 aromatic rings. The van der Waals surface area contributed by atoms with Gasteiger partial charge in [-0.2, -0.15) is 0 Å². The van der Waals surface area contributed by atoms with Crippen molar-refractivity contribution >= 4 is 23.4 Å². The van der Waals surface area contributed by atoms with Crippen LogP contribution in [0.5, 0.6) is 0 Å². The normalized spacial score (nSPS) is 30.7. The molecule has 1 aromatic carbocycles. The molecule has 9 aliphatic rings. The lowest BCUT2D eigenvalue weighted by molar-refractivity contribution is 0.433. The van der Waals surface area contributed by atoms with Crippen LogP contribution in [-0.2, 0) is 6.42 Å². The molecule has 12 rings (SSSR count). The molecule has 5 heteroatoms. The fraction of sp³-hybridized carbons (Fsp3) is 0.386. The number of furan rings is 1. The molecule has 3 heterocycles. The van der Waals surface area contributed by atoms with E-state index in [2.05, 4.69) is 139 Å². The largest absolute Gasteiger partial charge is 0.457 e. The Labute approximate surface area is 367 Å². The van der Waals surface area contributed by atoms with Gasteiger partial charge in [0.2, 0.25) is 0 Å². The van der Waals surface area contributed by atoms with Crippen LogP contribution in [0.4, 0.5) is 5.69 Å². The van der Waals surface area contributed by atoms with Gasteiger partial charge in [0.1, 0.15) is 23.2 Å². The fourth-order valence-corrected chi connectivity index (χ4v) is 12.6. The van der Waals surface area contributed by atoms with Crippen molar-refractivity contribution < 1.29 is 4.42 Å². The van der Waals surface area contributed by atoms with Crippen molar-refractivity contribution in [3.05, 3.63) is 184 Å². The summed E-state index contributed by atoms with van der Waals surface area (Å²) >= 11 is 0. The smallest absolute Gasteiger partial charge is 0.163 e. The minimum atomic E-state index is 0.0612. The third kappa shape index (κ3) is 6.87. The van der Waals surface area contributed by atoms with Gasteiger partial charge in [-0.15, -0.1) is 0 Å². The van der Waals surface area contributed by atoms with E-state index in [0.717, 1.165) is 98.8 Å². The van der Waals surface area contributed by atoms with E-state index in [-0.39, 0.29) is 11.8 Å². The summed E-state index contributed by atoms with van der Waals surface area (Å²) in [4.78, 5) is 18.9. The highest BCUT2D eigenvalue weighted by atomic mass is 16.3. The highest BCUT2D eigenvalue weighted by molar-refractivity contribution is 5.72. The number of allylic oxidation sites excluding steroid dienone is 19. The quantitative estimate of drug-likeness (QED) is 0.222. The molecule has 0 bridgehead atoms. The average molecular weight is 815 g/mol. The number of hydrogen-bond donors (Lipinski definition) is 0. The maximum absolute atomic E-state index is 7.00. The van der Waals surface area contributed by atoms with Crippen molar-refractivity contribution in [2.75, 3.05) is 4.90 Å². The van der Waals surface area contributed by atoms with Crippen molar-refractivity contribution in [3.8, 4) is 0 Å². The summed E-state index contributed by atoms with van der Waals surface area (Å²) in [6.07, 6.45) is 55.9. The molecular weight excluding hydrogens is 757 g/mol. The Balaban J connectivity index is 0.938. The van der Waals surface area contributed by atoms with Crippen molar-refractivity contribution in [3.63, 3.8) is 0 Å². The van der Waals surface area contributed by atoms with Crippen LogP contribution in [0.3, 0.4) is 0 Å². The Morgan fingerprint density at radius 2 is 1.55 bits per heavy atom. The van der Waals surface area contributed by atoms with Gasteiger partial charge in [-0.25, -0.2) is 15.0 Å². The molecule has 0 N–H and O–H groups in total. The summed E-state index contributed by atoms with van der Waals surface area (Å²) in [6.45, 7) is 0. The Morgan fingerprint density at radius 3 is 2.42 bits per heavy atom. The first kappa shape index (κ1) is 38.2. The minimum Gasteiger partial charge on any atom is -0.457 e. The van der Waals surface area contributed by atoms with Gasteiger partial charge in [0.15, 0.2) is 5.82 Å². The maximum Gasteiger partial charge on any atom is 0.163 e. The second-order valence-corrected chi connectivity index (χ2v) is 19.1. The van der Waals surface area contributed by atoms with E-state index < -0.39 is 0 Å². The van der Waals surface area contributed by atoms with Gasteiger partial charge in [0.05, 0.1) is 6.04 Å². The van der Waals surface area contributed by atoms with Crippen LogP contribution < -0.4 is 4.90 Å². The number of benzene rings is 1. The third-order valence-electron chi connectivity index (χ3n) is 15.6. The van der Waals surface area contributed by atoms with Crippen LogP contribution in [0.1, 0.15) is 141 Å². The van der Waals surface area contributed by atoms with Gasteiger partial charge in [-0.05, 0) is 126 Å². The van der Waals surface area contributed by atoms with Gasteiger partial charge in [-0.1, -0.05) is 120 Å². The topological polar surface area (TPSA) is 55.1 Å². The predicted molar refractivity (Wildman–Crippen MR) is 252 cm³/mol. The molecule has 5 nitrogen and oxygen atoms in total. The lowest BCUT2D eigenvalue weighted by atomic mass is 9.69. The van der Waals surface area contributed by atoms with Crippen LogP contribution in [0, 0.1) is 23.7 Å². The first-order chi connectivity index (χ1) is 30.7. The molecule has 2 aromatic heterocycles. The second-order valence-electron chi connectivity index (χ2n) is 19.1. The van der Waals surface area contributed by atoms with E-state index in [4.69, 9.17) is 19.4 Å². The highest BCUT2D eigenvalue weighted by Gasteiger charge is 2.50. The third-order valence-corrected chi connectivity index (χ3v) is 15.6. The molecule has 1 saturated heterocycles. The summed E-state index contributed by atoms with van der Waals surface area (Å²) in [5, 5.41) is 0. The molecule has 8 unspecified atom stereocenters. The van der Waals surface area contributed by atoms with Gasteiger partial charge in [0, 0.05) is 63.6 Å². The Hall–Kier alpha value is -5.55. The van der Waals surface area contributed by atoms with E-state index in [9.17, 15) is 0 Å². The first-order valence-corrected chi connectivity index (χ1v) is 24.0. The number of hydrogen-bond acceptors (Lipinski definition) is 5. The van der Waals surface area contributed by atoms with Gasteiger partial charge < -0.3 is 9.32 Å². The number of fused-ring (bicyclic) bond motifs is 7. The SMILES string of the molecule is C1=CCC(C2=CC(C3=CC(c4nc(C5=CCCC=C5)nc(C5C=CCCC5)n4)C(C4=Cc5oc6c(c5CC4)C4C5CCCC=C5N(c5ccccc5)C4C=C6)CC3)CC=C2)C=C1. The van der Waals surface area contributed by atoms with Crippen molar-refractivity contribution in [2.45, 2.75) is 114 Å². The van der Waals surface area contributed by atoms with E-state index in [0.29, 0.717) is 35.6 Å². The van der Waals surface area contributed by atoms with Crippen molar-refractivity contribution in [1.29, 1.82) is 0 Å². The van der Waals surface area contributed by atoms with Crippen LogP contribution in [-0.4, -0.2) is 21.0 Å². The maximum atomic E-state index is 7.00. The van der Waals surface area contributed by atoms with Crippen LogP contribution >= 0.6 is 0 Å². The fourth-order valence-electron chi connectivity index (χ4n) is 12.6. The van der Waals surface area contributed by atoms with Gasteiger partial charge in [0.25, 0.3) is 0 Å². The lowest BCUT2D eigenvalue weighted by Gasteiger charge is -2.35. The highest BCUT2D eigenvalue weighted by Crippen LogP contribution is 2.56. The number of nitrogens with zero attached hydrogens (tertiary/aromatic N) is 4. The summed E-state index contributed by atoms with van der Waals surface area (Å²) in [5.41, 5.74) is 11.4. The molecule has 0 amide bonds. The molecule has 62 heavy (non-hydrogen) atoms. The Morgan fingerprint density at radius 1 is 0.629 bits per heavy atom. The van der Waals surface area contributed by atoms with E-state index >= 15 is 0 Å². The zero-order valence-electron chi connectivity index (χ0n) is 35.9. The molecule has 0 saturated carbocycles. The minimum absolute atomic E-state index is 0.0612. The monoisotopic (exact) mass is 814 g/mol. The van der Waals surface area contributed by atoms with Crippen LogP contribution in [0.2, 0.25) is 0 Å². The zero-order chi connectivity index (χ0) is 41.0. The Kier molecular flexibility index (Phi) is 10.0. The molecule has 0 radical (unpaired) electrons. The molecule has 1 fully saturated rings. The zero-order valence-corrected chi connectivity index (χ0v) is 35.9. The van der Waals surface area contributed by atoms with Crippen molar-refractivity contribution in [1.82, 2.24) is 15.0 Å². The van der Waals surface area contributed by atoms with Gasteiger partial charge >= 0.3 is 0 Å². The molecule has 0 spiro atoms. The first-order valence-electron chi connectivity index (χ1n) is 24.0. The average Bonchev–Trinajstić information content (AvgIpc) is 3.90. The summed E-state index contributed by atoms with van der Waals surface area (Å²) in [5.74, 6) is 7.28. The lowest BCUT2D eigenvalue weighted by Crippen LogP contribution is -2.31. The number of rotatable bonds is 7. The Bertz CT molecular complexity index is 2600. The summed E-state index contributed by atoms with van der Waals surface area (Å²) < 4.78 is 7.00. The molecule has 1 aliphatic heterocycles. The van der Waals surface area contributed by atoms with Crippen LogP contribution in [0.25, 0.3) is 17.7 Å². The predicted octanol–water partition coefficient (Wildman–Crippen LogP) is 13.8. The number of para-hydroxylation sites is 1. The van der Waals surface area contributed by atoms with Crippen LogP contribution in [0.15, 0.2) is 148 Å². The summed E-state index contributed by atoms with van der Waals surface area (Å²) in [6, 6.07) is 11.4. The molecule has 8 atom stereocenters. The van der Waals surface area contributed by atoms with Gasteiger partial charge in [-0.3, -0.25) is 0 Å². The molecule has 8 aliphatic carbocycles. The number of aromatic nitrogens is 3. The molecule has 312 valence electrons. The summed E-state index contributed by atoms with van der Waals surface area (Å²) in [7, 11) is 0. The molecular formula is C57H58N4O.